The molecule has 8 rings (SSSR count). The summed E-state index contributed by atoms with van der Waals surface area (Å²) < 4.78 is 74.4. The van der Waals surface area contributed by atoms with Gasteiger partial charge in [-0.15, -0.1) is 0 Å². The lowest BCUT2D eigenvalue weighted by atomic mass is 9.91. The van der Waals surface area contributed by atoms with Gasteiger partial charge < -0.3 is 50.0 Å². The van der Waals surface area contributed by atoms with E-state index in [1.807, 2.05) is 24.3 Å². The lowest BCUT2D eigenvalue weighted by Crippen LogP contribution is -2.28. The maximum Gasteiger partial charge on any atom is 0.306 e. The number of pyridine rings is 4. The number of aliphatic carboxylic acids is 2. The van der Waals surface area contributed by atoms with Crippen LogP contribution >= 0.6 is 23.2 Å². The molecule has 2 aromatic carbocycles. The summed E-state index contributed by atoms with van der Waals surface area (Å²) in [5, 5.41) is 44.9. The van der Waals surface area contributed by atoms with Gasteiger partial charge >= 0.3 is 11.9 Å². The molecule has 4 heterocycles. The smallest absolute Gasteiger partial charge is 0.306 e. The van der Waals surface area contributed by atoms with E-state index in [0.29, 0.717) is 47.9 Å². The summed E-state index contributed by atoms with van der Waals surface area (Å²) in [6, 6.07) is 18.2. The SMILES string of the molecule is CS(=O)(=O)c1cncc(COc2nc(O[C@H]3CCc4c(-c5cccc6c5CC[C@@H]6Oc5nc(OCc6cncc(S(C)(=O)=O)c6)c(CNC[C@@H](O)CC(=O)O)cc5Cl)cccc43)c(Cl)cc2CNC[C@@H](O)CC(=O)O)c1. The van der Waals surface area contributed by atoms with Crippen molar-refractivity contribution in [1.29, 1.82) is 0 Å². The molecule has 4 aromatic heterocycles. The highest BCUT2D eigenvalue weighted by Gasteiger charge is 2.32. The number of fused-ring (bicyclic) bond motifs is 2. The molecule has 0 saturated carbocycles. The second kappa shape index (κ2) is 24.2. The number of nitrogens with one attached hydrogen (secondary N) is 2. The van der Waals surface area contributed by atoms with Crippen LogP contribution in [-0.4, -0.2) is 107 Å². The summed E-state index contributed by atoms with van der Waals surface area (Å²) in [4.78, 5) is 39.8. The zero-order chi connectivity index (χ0) is 54.3. The maximum atomic E-state index is 12.2. The fourth-order valence-corrected chi connectivity index (χ4v) is 10.7. The average molecular weight is 1120 g/mol. The van der Waals surface area contributed by atoms with E-state index in [-0.39, 0.29) is 82.7 Å². The van der Waals surface area contributed by atoms with Crippen molar-refractivity contribution in [3.8, 4) is 34.6 Å². The van der Waals surface area contributed by atoms with Crippen molar-refractivity contribution in [3.63, 3.8) is 0 Å². The van der Waals surface area contributed by atoms with Gasteiger partial charge in [-0.05, 0) is 83.3 Å². The van der Waals surface area contributed by atoms with Gasteiger partial charge in [0.05, 0.1) is 34.8 Å². The quantitative estimate of drug-likeness (QED) is 0.0372. The van der Waals surface area contributed by atoms with E-state index in [2.05, 4.69) is 32.7 Å². The molecule has 20 nitrogen and oxygen atoms in total. The highest BCUT2D eigenvalue weighted by atomic mass is 35.5. The van der Waals surface area contributed by atoms with Gasteiger partial charge in [-0.1, -0.05) is 59.6 Å². The first kappa shape index (κ1) is 55.7. The van der Waals surface area contributed by atoms with Crippen molar-refractivity contribution in [2.75, 3.05) is 25.6 Å². The molecule has 0 bridgehead atoms. The van der Waals surface area contributed by atoms with Gasteiger partial charge in [-0.3, -0.25) is 19.6 Å². The highest BCUT2D eigenvalue weighted by Crippen LogP contribution is 2.46. The van der Waals surface area contributed by atoms with E-state index in [9.17, 15) is 36.6 Å². The normalized spacial score (nSPS) is 15.9. The Kier molecular flexibility index (Phi) is 17.8. The summed E-state index contributed by atoms with van der Waals surface area (Å²) in [5.74, 6) is -1.88. The molecule has 0 radical (unpaired) electrons. The Hall–Kier alpha value is -6.50. The zero-order valence-electron chi connectivity index (χ0n) is 41.1. The minimum atomic E-state index is -3.55. The first-order chi connectivity index (χ1) is 36.2. The summed E-state index contributed by atoms with van der Waals surface area (Å²) in [6.07, 6.45) is 5.99. The van der Waals surface area contributed by atoms with Crippen LogP contribution < -0.4 is 29.6 Å². The second-order valence-electron chi connectivity index (χ2n) is 18.5. The molecule has 6 N–H and O–H groups in total. The number of hydrogen-bond donors (Lipinski definition) is 6. The van der Waals surface area contributed by atoms with Crippen LogP contribution in [0.2, 0.25) is 10.0 Å². The predicted molar refractivity (Wildman–Crippen MR) is 277 cm³/mol. The van der Waals surface area contributed by atoms with Crippen LogP contribution in [0.1, 0.15) is 82.4 Å². The van der Waals surface area contributed by atoms with E-state index in [1.54, 1.807) is 12.1 Å². The molecule has 0 fully saturated rings. The molecular weight excluding hydrogens is 1070 g/mol. The monoisotopic (exact) mass is 1120 g/mol. The van der Waals surface area contributed by atoms with Crippen LogP contribution in [0.5, 0.6) is 23.5 Å². The van der Waals surface area contributed by atoms with E-state index in [1.165, 1.54) is 36.9 Å². The topological polar surface area (TPSA) is 296 Å². The number of aliphatic hydroxyl groups excluding tert-OH is 2. The van der Waals surface area contributed by atoms with Crippen molar-refractivity contribution in [1.82, 2.24) is 30.6 Å². The standard InChI is InChI=1S/C52H54Cl2N6O14S2/c1-75(67,68)35-13-29(19-55-25-35)27-71-49-31(21-57-23-33(61)17-47(63)64)15-43(53)51(59-49)73-45-11-9-39-37(5-3-7-41(39)45)38-6-4-8-42-40(38)10-12-46(42)74-52-44(54)16-32(22-58-24-34(62)18-48(65)66)50(60-52)72-28-30-14-36(26-56-20-30)76(2,69)70/h3-8,13-16,19-20,25-26,33-34,45-46,57-58,61-62H,9-12,17-18,21-24,27-28H2,1-2H3,(H,63,64)(H,65,66)/t33-,34-,45-,46-/m0/s1. The predicted octanol–water partition coefficient (Wildman–Crippen LogP) is 6.19. The van der Waals surface area contributed by atoms with Crippen LogP contribution in [0.15, 0.2) is 95.2 Å². The minimum absolute atomic E-state index is 0.0178. The Bertz CT molecular complexity index is 3150. The van der Waals surface area contributed by atoms with Crippen molar-refractivity contribution in [3.05, 3.63) is 140 Å². The van der Waals surface area contributed by atoms with Crippen LogP contribution in [0, 0.1) is 0 Å². The van der Waals surface area contributed by atoms with Crippen LogP contribution in [-0.2, 0) is 68.4 Å². The Balaban J connectivity index is 1.02. The fourth-order valence-electron chi connectivity index (χ4n) is 9.00. The number of nitrogens with zero attached hydrogens (tertiary/aromatic N) is 4. The Morgan fingerprint density at radius 3 is 1.42 bits per heavy atom. The van der Waals surface area contributed by atoms with E-state index >= 15 is 0 Å². The third kappa shape index (κ3) is 14.1. The van der Waals surface area contributed by atoms with Crippen molar-refractivity contribution < 1.29 is 65.8 Å². The summed E-state index contributed by atoms with van der Waals surface area (Å²) in [6.45, 7) is -0.141. The molecular formula is C52H54Cl2N6O14S2. The van der Waals surface area contributed by atoms with Crippen molar-refractivity contribution in [2.45, 2.75) is 99.0 Å². The van der Waals surface area contributed by atoms with Gasteiger partial charge in [0.15, 0.2) is 19.7 Å². The van der Waals surface area contributed by atoms with Gasteiger partial charge in [0.2, 0.25) is 23.5 Å². The van der Waals surface area contributed by atoms with Crippen molar-refractivity contribution >= 4 is 54.8 Å². The van der Waals surface area contributed by atoms with E-state index < -0.39 is 68.9 Å². The number of halogens is 2. The van der Waals surface area contributed by atoms with Crippen LogP contribution in [0.4, 0.5) is 0 Å². The van der Waals surface area contributed by atoms with Crippen molar-refractivity contribution in [2.24, 2.45) is 0 Å². The number of carboxylic acid groups (broad SMARTS) is 2. The first-order valence-corrected chi connectivity index (χ1v) is 28.4. The molecule has 24 heteroatoms. The zero-order valence-corrected chi connectivity index (χ0v) is 44.3. The van der Waals surface area contributed by atoms with Gasteiger partial charge in [-0.2, -0.15) is 9.97 Å². The van der Waals surface area contributed by atoms with Crippen LogP contribution in [0.3, 0.4) is 0 Å². The number of hydrogen-bond acceptors (Lipinski definition) is 18. The summed E-state index contributed by atoms with van der Waals surface area (Å²) in [7, 11) is -7.10. The number of rotatable bonds is 25. The third-order valence-electron chi connectivity index (χ3n) is 12.6. The molecule has 0 aliphatic heterocycles. The second-order valence-corrected chi connectivity index (χ2v) is 23.3. The van der Waals surface area contributed by atoms with Gasteiger partial charge in [0.1, 0.15) is 35.5 Å². The van der Waals surface area contributed by atoms with Gasteiger partial charge in [0.25, 0.3) is 0 Å². The van der Waals surface area contributed by atoms with E-state index in [0.717, 1.165) is 45.9 Å². The minimum Gasteiger partial charge on any atom is -0.481 e. The Morgan fingerprint density at radius 1 is 0.632 bits per heavy atom. The van der Waals surface area contributed by atoms with E-state index in [4.69, 9.17) is 62.3 Å². The lowest BCUT2D eigenvalue weighted by molar-refractivity contribution is -0.140. The molecule has 402 valence electrons. The molecule has 0 saturated heterocycles. The number of benzene rings is 2. The Labute approximate surface area is 448 Å². The van der Waals surface area contributed by atoms with Gasteiger partial charge in [0, 0.05) is 85.7 Å². The lowest BCUT2D eigenvalue weighted by Gasteiger charge is -2.20. The highest BCUT2D eigenvalue weighted by molar-refractivity contribution is 7.91. The fraction of sp³-hybridized carbons (Fsp3) is 0.346. The number of aromatic nitrogens is 4. The van der Waals surface area contributed by atoms with Gasteiger partial charge in [-0.25, -0.2) is 16.8 Å². The van der Waals surface area contributed by atoms with Crippen LogP contribution in [0.25, 0.3) is 11.1 Å². The molecule has 6 aromatic rings. The molecule has 4 atom stereocenters. The summed E-state index contributed by atoms with van der Waals surface area (Å²) >= 11 is 13.7. The number of aliphatic hydroxyl groups is 2. The number of sulfone groups is 2. The average Bonchev–Trinajstić information content (AvgIpc) is 3.98. The maximum absolute atomic E-state index is 12.2. The molecule has 0 amide bonds. The largest absolute Gasteiger partial charge is 0.481 e. The molecule has 2 aliphatic rings. The number of carboxylic acids is 2. The Morgan fingerprint density at radius 2 is 1.04 bits per heavy atom. The molecule has 0 spiro atoms. The summed E-state index contributed by atoms with van der Waals surface area (Å²) in [5.41, 5.74) is 7.95. The number of ether oxygens (including phenoxy) is 4. The first-order valence-electron chi connectivity index (χ1n) is 23.9. The molecule has 76 heavy (non-hydrogen) atoms. The molecule has 0 unspecified atom stereocenters. The third-order valence-corrected chi connectivity index (χ3v) is 15.3. The molecule has 2 aliphatic carbocycles. The number of carbonyl (C=O) groups is 2.